The van der Waals surface area contributed by atoms with E-state index in [9.17, 15) is 18.0 Å². The molecule has 0 aliphatic carbocycles. The van der Waals surface area contributed by atoms with Crippen molar-refractivity contribution in [3.63, 3.8) is 0 Å². The Morgan fingerprint density at radius 3 is 1.47 bits per heavy atom. The summed E-state index contributed by atoms with van der Waals surface area (Å²) >= 11 is 0. The van der Waals surface area contributed by atoms with E-state index in [2.05, 4.69) is 5.32 Å². The number of carbonyl (C=O) groups excluding carboxylic acids is 2. The molecule has 10 nitrogen and oxygen atoms in total. The van der Waals surface area contributed by atoms with Gasteiger partial charge in [-0.25, -0.2) is 18.0 Å². The quantitative estimate of drug-likeness (QED) is 0.647. The summed E-state index contributed by atoms with van der Waals surface area (Å²) in [4.78, 5) is 26.6. The first kappa shape index (κ1) is 28.4. The van der Waals surface area contributed by atoms with Gasteiger partial charge in [0, 0.05) is 52.4 Å². The highest BCUT2D eigenvalue weighted by atomic mass is 32.2. The van der Waals surface area contributed by atoms with Gasteiger partial charge in [-0.1, -0.05) is 0 Å². The molecule has 11 heteroatoms. The number of ether oxygens (including phenoxy) is 2. The van der Waals surface area contributed by atoms with Gasteiger partial charge in [0.05, 0.1) is 5.25 Å². The van der Waals surface area contributed by atoms with E-state index in [-0.39, 0.29) is 17.8 Å². The number of carbonyl (C=O) groups is 2. The van der Waals surface area contributed by atoms with E-state index in [1.54, 1.807) is 23.6 Å². The Balaban J connectivity index is 0.000000343. The van der Waals surface area contributed by atoms with Gasteiger partial charge >= 0.3 is 12.2 Å². The van der Waals surface area contributed by atoms with E-state index in [0.29, 0.717) is 26.2 Å². The van der Waals surface area contributed by atoms with Gasteiger partial charge in [0.1, 0.15) is 11.2 Å². The lowest BCUT2D eigenvalue weighted by molar-refractivity contribution is 0.0190. The molecule has 0 spiro atoms. The molecule has 2 fully saturated rings. The van der Waals surface area contributed by atoms with Crippen LogP contribution in [0.25, 0.3) is 0 Å². The minimum atomic E-state index is -3.23. The van der Waals surface area contributed by atoms with Crippen molar-refractivity contribution < 1.29 is 27.5 Å². The first-order valence-electron chi connectivity index (χ1n) is 11.2. The first-order chi connectivity index (χ1) is 14.5. The Morgan fingerprint density at radius 1 is 0.750 bits per heavy atom. The minimum absolute atomic E-state index is 0.200. The molecular formula is C21H42N4O6S. The van der Waals surface area contributed by atoms with Crippen LogP contribution in [-0.4, -0.2) is 104 Å². The second-order valence-electron chi connectivity index (χ2n) is 10.2. The molecule has 0 atom stereocenters. The predicted octanol–water partition coefficient (Wildman–Crippen LogP) is 2.10. The highest BCUT2D eigenvalue weighted by molar-refractivity contribution is 7.89. The molecule has 0 unspecified atom stereocenters. The van der Waals surface area contributed by atoms with Crippen molar-refractivity contribution in [3.05, 3.63) is 0 Å². The van der Waals surface area contributed by atoms with Crippen molar-refractivity contribution in [2.75, 3.05) is 52.4 Å². The van der Waals surface area contributed by atoms with Gasteiger partial charge in [-0.15, -0.1) is 0 Å². The highest BCUT2D eigenvalue weighted by Gasteiger charge is 2.32. The fourth-order valence-corrected chi connectivity index (χ4v) is 4.19. The average Bonchev–Trinajstić information content (AvgIpc) is 2.66. The molecule has 1 N–H and O–H groups in total. The molecule has 0 aromatic carbocycles. The molecule has 2 aliphatic heterocycles. The number of rotatable bonds is 2. The summed E-state index contributed by atoms with van der Waals surface area (Å²) in [6.07, 6.45) is -0.580. The smallest absolute Gasteiger partial charge is 0.410 e. The fourth-order valence-electron chi connectivity index (χ4n) is 2.92. The first-order valence-corrected chi connectivity index (χ1v) is 12.7. The van der Waals surface area contributed by atoms with Crippen LogP contribution in [-0.2, 0) is 19.5 Å². The molecule has 0 saturated carbocycles. The molecule has 32 heavy (non-hydrogen) atoms. The molecule has 0 aromatic heterocycles. The van der Waals surface area contributed by atoms with Gasteiger partial charge in [-0.05, 0) is 55.4 Å². The molecule has 2 saturated heterocycles. The van der Waals surface area contributed by atoms with Crippen molar-refractivity contribution in [3.8, 4) is 0 Å². The Morgan fingerprint density at radius 2 is 1.12 bits per heavy atom. The Kier molecular flexibility index (Phi) is 10.2. The van der Waals surface area contributed by atoms with Gasteiger partial charge in [0.25, 0.3) is 0 Å². The van der Waals surface area contributed by atoms with Crippen LogP contribution in [0.2, 0.25) is 0 Å². The van der Waals surface area contributed by atoms with Crippen LogP contribution in [0.1, 0.15) is 55.4 Å². The zero-order chi connectivity index (χ0) is 24.7. The maximum absolute atomic E-state index is 12.0. The molecule has 188 valence electrons. The third kappa shape index (κ3) is 9.91. The van der Waals surface area contributed by atoms with Gasteiger partial charge in [0.15, 0.2) is 0 Å². The summed E-state index contributed by atoms with van der Waals surface area (Å²) in [5, 5.41) is 2.75. The summed E-state index contributed by atoms with van der Waals surface area (Å²) < 4.78 is 35.9. The summed E-state index contributed by atoms with van der Waals surface area (Å²) in [5.41, 5.74) is -0.916. The average molecular weight is 479 g/mol. The predicted molar refractivity (Wildman–Crippen MR) is 124 cm³/mol. The summed E-state index contributed by atoms with van der Waals surface area (Å²) in [7, 11) is -3.23. The van der Waals surface area contributed by atoms with Crippen molar-refractivity contribution in [2.45, 2.75) is 71.8 Å². The third-order valence-electron chi connectivity index (χ3n) is 4.61. The van der Waals surface area contributed by atoms with Gasteiger partial charge in [-0.2, -0.15) is 4.31 Å². The summed E-state index contributed by atoms with van der Waals surface area (Å²) in [6, 6.07) is 0. The molecule has 2 rings (SSSR count). The maximum atomic E-state index is 12.0. The van der Waals surface area contributed by atoms with Crippen molar-refractivity contribution in [2.24, 2.45) is 0 Å². The standard InChI is InChI=1S/C12H24N2O4S.C9H18N2O2/c1-10(2)19(16,17)14-8-6-13(7-9-14)11(15)18-12(3,4)5;1-9(2,3)13-8(12)11-6-4-10-5-7-11/h10H,6-9H2,1-5H3;10H,4-7H2,1-3H3. The topological polar surface area (TPSA) is 108 Å². The molecular weight excluding hydrogens is 436 g/mol. The van der Waals surface area contributed by atoms with Crippen molar-refractivity contribution in [1.29, 1.82) is 0 Å². The number of sulfonamides is 1. The Bertz CT molecular complexity index is 714. The number of piperazine rings is 2. The van der Waals surface area contributed by atoms with Crippen LogP contribution in [0.15, 0.2) is 0 Å². The molecule has 0 aromatic rings. The Labute approximate surface area is 193 Å². The van der Waals surface area contributed by atoms with E-state index in [4.69, 9.17) is 9.47 Å². The fraction of sp³-hybridized carbons (Fsp3) is 0.905. The van der Waals surface area contributed by atoms with Crippen LogP contribution in [0.3, 0.4) is 0 Å². The van der Waals surface area contributed by atoms with Gasteiger partial charge in [0.2, 0.25) is 10.0 Å². The Hall–Kier alpha value is -1.59. The minimum Gasteiger partial charge on any atom is -0.444 e. The number of nitrogens with one attached hydrogen (secondary N) is 1. The van der Waals surface area contributed by atoms with E-state index >= 15 is 0 Å². The molecule has 0 bridgehead atoms. The zero-order valence-corrected chi connectivity index (χ0v) is 21.8. The SMILES string of the molecule is CC(C)(C)OC(=O)N1CCNCC1.CC(C)S(=O)(=O)N1CCN(C(=O)OC(C)(C)C)CC1. The van der Waals surface area contributed by atoms with Crippen LogP contribution in [0.5, 0.6) is 0 Å². The second-order valence-corrected chi connectivity index (χ2v) is 12.7. The number of nitrogens with zero attached hydrogens (tertiary/aromatic N) is 3. The van der Waals surface area contributed by atoms with Crippen molar-refractivity contribution >= 4 is 22.2 Å². The normalized spacial score (nSPS) is 18.7. The zero-order valence-electron chi connectivity index (χ0n) is 20.9. The monoisotopic (exact) mass is 478 g/mol. The summed E-state index contributed by atoms with van der Waals surface area (Å²) in [5.74, 6) is 0. The lowest BCUT2D eigenvalue weighted by Crippen LogP contribution is -2.52. The summed E-state index contributed by atoms with van der Waals surface area (Å²) in [6.45, 7) is 19.0. The largest absolute Gasteiger partial charge is 0.444 e. The van der Waals surface area contributed by atoms with Crippen LogP contribution in [0, 0.1) is 0 Å². The molecule has 2 aliphatic rings. The number of amides is 2. The molecule has 2 heterocycles. The number of hydrogen-bond acceptors (Lipinski definition) is 7. The van der Waals surface area contributed by atoms with Crippen LogP contribution < -0.4 is 5.32 Å². The second kappa shape index (κ2) is 11.5. The highest BCUT2D eigenvalue weighted by Crippen LogP contribution is 2.15. The van der Waals surface area contributed by atoms with E-state index in [0.717, 1.165) is 26.2 Å². The van der Waals surface area contributed by atoms with E-state index in [1.807, 2.05) is 41.5 Å². The van der Waals surface area contributed by atoms with Crippen molar-refractivity contribution in [1.82, 2.24) is 19.4 Å². The van der Waals surface area contributed by atoms with E-state index in [1.165, 1.54) is 4.31 Å². The maximum Gasteiger partial charge on any atom is 0.410 e. The lowest BCUT2D eigenvalue weighted by atomic mass is 10.2. The van der Waals surface area contributed by atoms with E-state index < -0.39 is 20.9 Å². The lowest BCUT2D eigenvalue weighted by Gasteiger charge is -2.35. The molecule has 2 amide bonds. The third-order valence-corrected chi connectivity index (χ3v) is 6.89. The van der Waals surface area contributed by atoms with Gasteiger partial charge in [-0.3, -0.25) is 0 Å². The van der Waals surface area contributed by atoms with Gasteiger partial charge < -0.3 is 24.6 Å². The molecule has 0 radical (unpaired) electrons. The van der Waals surface area contributed by atoms with Crippen LogP contribution in [0.4, 0.5) is 9.59 Å². The number of hydrogen-bond donors (Lipinski definition) is 1. The van der Waals surface area contributed by atoms with Crippen LogP contribution >= 0.6 is 0 Å².